The topological polar surface area (TPSA) is 15.3 Å². The van der Waals surface area contributed by atoms with E-state index in [9.17, 15) is 0 Å². The van der Waals surface area contributed by atoms with Crippen LogP contribution in [0.15, 0.2) is 0 Å². The van der Waals surface area contributed by atoms with E-state index in [0.717, 1.165) is 5.92 Å². The highest BCUT2D eigenvalue weighted by molar-refractivity contribution is 4.75. The highest BCUT2D eigenvalue weighted by Gasteiger charge is 2.20. The first-order valence-corrected chi connectivity index (χ1v) is 6.65. The average Bonchev–Trinajstić information content (AvgIpc) is 2.66. The van der Waals surface area contributed by atoms with Crippen molar-refractivity contribution >= 4 is 0 Å². The maximum atomic E-state index is 3.30. The maximum absolute atomic E-state index is 3.30. The van der Waals surface area contributed by atoms with E-state index in [1.807, 2.05) is 0 Å². The minimum Gasteiger partial charge on any atom is -0.317 e. The summed E-state index contributed by atoms with van der Waals surface area (Å²) in [5.74, 6) is 0.997. The molecule has 1 N–H and O–H groups in total. The molecule has 2 unspecified atom stereocenters. The third-order valence-corrected chi connectivity index (χ3v) is 3.67. The van der Waals surface area contributed by atoms with Crippen molar-refractivity contribution in [2.24, 2.45) is 5.92 Å². The molecule has 0 radical (unpaired) electrons. The fraction of sp³-hybridized carbons (Fsp3) is 1.00. The lowest BCUT2D eigenvalue weighted by atomic mass is 10.0. The molecule has 2 atom stereocenters. The molecule has 90 valence electrons. The van der Waals surface area contributed by atoms with Crippen molar-refractivity contribution in [1.82, 2.24) is 10.2 Å². The lowest BCUT2D eigenvalue weighted by Crippen LogP contribution is -2.25. The van der Waals surface area contributed by atoms with Crippen molar-refractivity contribution < 1.29 is 0 Å². The minimum absolute atomic E-state index is 0.680. The van der Waals surface area contributed by atoms with Gasteiger partial charge in [-0.1, -0.05) is 13.3 Å². The van der Waals surface area contributed by atoms with Crippen molar-refractivity contribution in [2.75, 3.05) is 26.7 Å². The van der Waals surface area contributed by atoms with Gasteiger partial charge in [0, 0.05) is 12.6 Å². The summed E-state index contributed by atoms with van der Waals surface area (Å²) in [5, 5.41) is 3.30. The Kier molecular flexibility index (Phi) is 6.26. The summed E-state index contributed by atoms with van der Waals surface area (Å²) in [5.41, 5.74) is 0. The molecule has 0 aliphatic carbocycles. The summed E-state index contributed by atoms with van der Waals surface area (Å²) >= 11 is 0. The van der Waals surface area contributed by atoms with Gasteiger partial charge in [0.2, 0.25) is 0 Å². The lowest BCUT2D eigenvalue weighted by Gasteiger charge is -2.17. The summed E-state index contributed by atoms with van der Waals surface area (Å²) in [4.78, 5) is 2.66. The third kappa shape index (κ3) is 4.98. The Balaban J connectivity index is 2.03. The number of likely N-dealkylation sites (tertiary alicyclic amines) is 1. The Morgan fingerprint density at radius 1 is 1.47 bits per heavy atom. The van der Waals surface area contributed by atoms with Gasteiger partial charge in [0.05, 0.1) is 0 Å². The molecule has 1 rings (SSSR count). The van der Waals surface area contributed by atoms with Gasteiger partial charge in [-0.15, -0.1) is 0 Å². The second kappa shape index (κ2) is 7.24. The predicted octanol–water partition coefficient (Wildman–Crippen LogP) is 2.50. The number of rotatable bonds is 7. The van der Waals surface area contributed by atoms with Gasteiger partial charge < -0.3 is 10.2 Å². The molecule has 0 amide bonds. The largest absolute Gasteiger partial charge is 0.317 e. The van der Waals surface area contributed by atoms with Crippen LogP contribution < -0.4 is 5.32 Å². The van der Waals surface area contributed by atoms with E-state index < -0.39 is 0 Å². The molecule has 1 fully saturated rings. The molecule has 2 nitrogen and oxygen atoms in total. The Labute approximate surface area is 95.4 Å². The van der Waals surface area contributed by atoms with E-state index in [-0.39, 0.29) is 0 Å². The number of nitrogens with one attached hydrogen (secondary N) is 1. The van der Waals surface area contributed by atoms with Crippen molar-refractivity contribution in [2.45, 2.75) is 52.0 Å². The summed E-state index contributed by atoms with van der Waals surface area (Å²) in [6.45, 7) is 8.59. The lowest BCUT2D eigenvalue weighted by molar-refractivity contribution is 0.307. The van der Waals surface area contributed by atoms with Gasteiger partial charge in [-0.25, -0.2) is 0 Å². The number of nitrogens with zero attached hydrogens (tertiary/aromatic N) is 1. The molecule has 1 saturated heterocycles. The average molecular weight is 212 g/mol. The summed E-state index contributed by atoms with van der Waals surface area (Å²) in [6.07, 6.45) is 6.89. The van der Waals surface area contributed by atoms with Crippen LogP contribution in [-0.2, 0) is 0 Å². The van der Waals surface area contributed by atoms with E-state index in [4.69, 9.17) is 0 Å². The highest BCUT2D eigenvalue weighted by atomic mass is 15.1. The van der Waals surface area contributed by atoms with Crippen LogP contribution in [0.25, 0.3) is 0 Å². The molecular weight excluding hydrogens is 184 g/mol. The second-order valence-corrected chi connectivity index (χ2v) is 5.08. The van der Waals surface area contributed by atoms with Crippen LogP contribution in [-0.4, -0.2) is 37.6 Å². The van der Waals surface area contributed by atoms with Crippen LogP contribution in [0.4, 0.5) is 0 Å². The smallest absolute Gasteiger partial charge is 0.00362 e. The fourth-order valence-electron chi connectivity index (χ4n) is 2.53. The molecular formula is C13H28N2. The van der Waals surface area contributed by atoms with E-state index in [1.165, 1.54) is 51.7 Å². The van der Waals surface area contributed by atoms with E-state index in [2.05, 4.69) is 31.1 Å². The van der Waals surface area contributed by atoms with Crippen molar-refractivity contribution in [3.8, 4) is 0 Å². The Morgan fingerprint density at radius 3 is 2.93 bits per heavy atom. The second-order valence-electron chi connectivity index (χ2n) is 5.08. The molecule has 15 heavy (non-hydrogen) atoms. The molecule has 0 aromatic rings. The molecule has 0 bridgehead atoms. The Hall–Kier alpha value is -0.0800. The predicted molar refractivity (Wildman–Crippen MR) is 67.2 cm³/mol. The quantitative estimate of drug-likeness (QED) is 0.697. The molecule has 0 aromatic heterocycles. The summed E-state index contributed by atoms with van der Waals surface area (Å²) in [7, 11) is 2.05. The summed E-state index contributed by atoms with van der Waals surface area (Å²) < 4.78 is 0. The van der Waals surface area contributed by atoms with Crippen LogP contribution in [0.1, 0.15) is 46.0 Å². The van der Waals surface area contributed by atoms with Crippen molar-refractivity contribution in [1.29, 1.82) is 0 Å². The van der Waals surface area contributed by atoms with E-state index >= 15 is 0 Å². The zero-order valence-corrected chi connectivity index (χ0v) is 10.8. The molecule has 1 aliphatic rings. The van der Waals surface area contributed by atoms with Gasteiger partial charge in [-0.05, 0) is 58.7 Å². The fourth-order valence-corrected chi connectivity index (χ4v) is 2.53. The first-order valence-electron chi connectivity index (χ1n) is 6.65. The standard InChI is InChI=1S/C13H28N2/c1-4-6-13-8-10-15(11-13)9-5-7-12(2)14-3/h12-14H,4-11H2,1-3H3. The van der Waals surface area contributed by atoms with Gasteiger partial charge in [-0.3, -0.25) is 0 Å². The van der Waals surface area contributed by atoms with Crippen molar-refractivity contribution in [3.05, 3.63) is 0 Å². The van der Waals surface area contributed by atoms with Crippen LogP contribution in [0.3, 0.4) is 0 Å². The van der Waals surface area contributed by atoms with Crippen LogP contribution in [0, 0.1) is 5.92 Å². The molecule has 0 spiro atoms. The molecule has 0 saturated carbocycles. The highest BCUT2D eigenvalue weighted by Crippen LogP contribution is 2.20. The van der Waals surface area contributed by atoms with Gasteiger partial charge in [-0.2, -0.15) is 0 Å². The monoisotopic (exact) mass is 212 g/mol. The maximum Gasteiger partial charge on any atom is 0.00362 e. The van der Waals surface area contributed by atoms with Crippen molar-refractivity contribution in [3.63, 3.8) is 0 Å². The number of hydrogen-bond donors (Lipinski definition) is 1. The van der Waals surface area contributed by atoms with Gasteiger partial charge >= 0.3 is 0 Å². The zero-order chi connectivity index (χ0) is 11.1. The minimum atomic E-state index is 0.680. The number of hydrogen-bond acceptors (Lipinski definition) is 2. The van der Waals surface area contributed by atoms with Gasteiger partial charge in [0.1, 0.15) is 0 Å². The van der Waals surface area contributed by atoms with E-state index in [0.29, 0.717) is 6.04 Å². The van der Waals surface area contributed by atoms with E-state index in [1.54, 1.807) is 0 Å². The molecule has 1 heterocycles. The third-order valence-electron chi connectivity index (χ3n) is 3.67. The van der Waals surface area contributed by atoms with Gasteiger partial charge in [0.25, 0.3) is 0 Å². The first-order chi connectivity index (χ1) is 7.26. The van der Waals surface area contributed by atoms with Crippen LogP contribution >= 0.6 is 0 Å². The van der Waals surface area contributed by atoms with Gasteiger partial charge in [0.15, 0.2) is 0 Å². The molecule has 2 heteroatoms. The van der Waals surface area contributed by atoms with Crippen LogP contribution in [0.2, 0.25) is 0 Å². The molecule has 0 aromatic carbocycles. The first kappa shape index (κ1) is 13.0. The molecule has 1 aliphatic heterocycles. The Morgan fingerprint density at radius 2 is 2.27 bits per heavy atom. The van der Waals surface area contributed by atoms with Crippen LogP contribution in [0.5, 0.6) is 0 Å². The normalized spacial score (nSPS) is 24.6. The zero-order valence-electron chi connectivity index (χ0n) is 10.8. The Bertz CT molecular complexity index is 159. The SMILES string of the molecule is CCCC1CCN(CCCC(C)NC)C1. The summed E-state index contributed by atoms with van der Waals surface area (Å²) in [6, 6.07) is 0.680.